The van der Waals surface area contributed by atoms with Crippen molar-refractivity contribution in [2.45, 2.75) is 19.9 Å². The first-order valence-corrected chi connectivity index (χ1v) is 13.1. The number of hydrogen-bond acceptors (Lipinski definition) is 6. The molecule has 0 aliphatic rings. The molecule has 0 heterocycles. The van der Waals surface area contributed by atoms with E-state index in [1.54, 1.807) is 42.5 Å². The highest BCUT2D eigenvalue weighted by molar-refractivity contribution is 7.92. The second-order valence-corrected chi connectivity index (χ2v) is 10.8. The highest BCUT2D eigenvalue weighted by Crippen LogP contribution is 2.25. The largest absolute Gasteiger partial charge is 0.494 e. The fraction of sp³-hybridized carbons (Fsp3) is 0.350. The van der Waals surface area contributed by atoms with Crippen molar-refractivity contribution >= 4 is 43.0 Å². The molecule has 0 aromatic heterocycles. The zero-order valence-corrected chi connectivity index (χ0v) is 19.7. The summed E-state index contributed by atoms with van der Waals surface area (Å²) in [5, 5.41) is 2.65. The lowest BCUT2D eigenvalue weighted by atomic mass is 10.2. The molecule has 170 valence electrons. The highest BCUT2D eigenvalue weighted by Gasteiger charge is 2.29. The van der Waals surface area contributed by atoms with Crippen LogP contribution in [0.15, 0.2) is 48.5 Å². The summed E-state index contributed by atoms with van der Waals surface area (Å²) in [6.45, 7) is 3.78. The number of benzene rings is 2. The van der Waals surface area contributed by atoms with E-state index in [0.717, 1.165) is 21.1 Å². The quantitative estimate of drug-likeness (QED) is 0.603. The molecule has 9 nitrogen and oxygen atoms in total. The van der Waals surface area contributed by atoms with Crippen molar-refractivity contribution in [3.63, 3.8) is 0 Å². The molecule has 1 amide bonds. The molecular weight excluding hydrogens is 442 g/mol. The number of anilines is 3. The molecule has 0 aliphatic heterocycles. The van der Waals surface area contributed by atoms with Crippen LogP contribution in [0.5, 0.6) is 5.75 Å². The number of hydrogen-bond donors (Lipinski definition) is 1. The Morgan fingerprint density at radius 1 is 1.00 bits per heavy atom. The number of carbonyl (C=O) groups is 1. The predicted octanol–water partition coefficient (Wildman–Crippen LogP) is 2.27. The summed E-state index contributed by atoms with van der Waals surface area (Å²) < 4.78 is 55.8. The molecule has 11 heteroatoms. The average Bonchev–Trinajstić information content (AvgIpc) is 2.67. The number of carbonyl (C=O) groups excluding carboxylic acids is 1. The second kappa shape index (κ2) is 9.56. The van der Waals surface area contributed by atoms with E-state index in [-0.39, 0.29) is 0 Å². The zero-order valence-electron chi connectivity index (χ0n) is 18.1. The Bertz CT molecular complexity index is 1130. The molecular formula is C20H27N3O6S2. The molecule has 1 N–H and O–H groups in total. The van der Waals surface area contributed by atoms with Crippen LogP contribution in [-0.4, -0.2) is 55.0 Å². The summed E-state index contributed by atoms with van der Waals surface area (Å²) in [6.07, 6.45) is 2.09. The number of rotatable bonds is 9. The van der Waals surface area contributed by atoms with Crippen LogP contribution in [0.2, 0.25) is 0 Å². The van der Waals surface area contributed by atoms with E-state index in [0.29, 0.717) is 29.4 Å². The zero-order chi connectivity index (χ0) is 23.4. The molecule has 0 radical (unpaired) electrons. The third kappa shape index (κ3) is 6.34. The molecule has 31 heavy (non-hydrogen) atoms. The summed E-state index contributed by atoms with van der Waals surface area (Å²) in [5.74, 6) is 0.0158. The number of ether oxygens (including phenoxy) is 1. The third-order valence-electron chi connectivity index (χ3n) is 4.47. The van der Waals surface area contributed by atoms with Crippen molar-refractivity contribution in [3.8, 4) is 5.75 Å². The fourth-order valence-electron chi connectivity index (χ4n) is 2.88. The van der Waals surface area contributed by atoms with Gasteiger partial charge in [-0.1, -0.05) is 6.07 Å². The van der Waals surface area contributed by atoms with Crippen LogP contribution in [0.3, 0.4) is 0 Å². The maximum absolute atomic E-state index is 12.8. The van der Waals surface area contributed by atoms with Crippen molar-refractivity contribution in [2.24, 2.45) is 0 Å². The van der Waals surface area contributed by atoms with Gasteiger partial charge < -0.3 is 10.1 Å². The van der Waals surface area contributed by atoms with E-state index in [1.165, 1.54) is 20.0 Å². The normalized spacial score (nSPS) is 12.7. The molecule has 0 aliphatic carbocycles. The first kappa shape index (κ1) is 24.5. The van der Waals surface area contributed by atoms with E-state index >= 15 is 0 Å². The topological polar surface area (TPSA) is 113 Å². The standard InChI is InChI=1S/C20H27N3O6S2/c1-6-29-19-12-10-17(11-13-19)23(31(5,27)28)15(2)20(24)21-16-8-7-9-18(14-16)22(3)30(4,25)26/h7-15H,6H2,1-5H3,(H,21,24). The van der Waals surface area contributed by atoms with Crippen LogP contribution in [0.1, 0.15) is 13.8 Å². The van der Waals surface area contributed by atoms with Gasteiger partial charge in [-0.2, -0.15) is 0 Å². The lowest BCUT2D eigenvalue weighted by molar-refractivity contribution is -0.116. The number of sulfonamides is 2. The first-order valence-electron chi connectivity index (χ1n) is 9.41. The van der Waals surface area contributed by atoms with Crippen LogP contribution in [0.25, 0.3) is 0 Å². The summed E-state index contributed by atoms with van der Waals surface area (Å²) in [6, 6.07) is 11.6. The Morgan fingerprint density at radius 2 is 1.61 bits per heavy atom. The van der Waals surface area contributed by atoms with Crippen LogP contribution >= 0.6 is 0 Å². The van der Waals surface area contributed by atoms with Crippen LogP contribution < -0.4 is 18.7 Å². The SMILES string of the molecule is CCOc1ccc(N(C(C)C(=O)Nc2cccc(N(C)S(C)(=O)=O)c2)S(C)(=O)=O)cc1. The molecule has 0 fully saturated rings. The number of amides is 1. The Morgan fingerprint density at radius 3 is 2.13 bits per heavy atom. The summed E-state index contributed by atoms with van der Waals surface area (Å²) in [5.41, 5.74) is 1.02. The molecule has 2 aromatic carbocycles. The van der Waals surface area contributed by atoms with Gasteiger partial charge in [-0.3, -0.25) is 13.4 Å². The molecule has 0 spiro atoms. The second-order valence-electron chi connectivity index (χ2n) is 6.93. The minimum atomic E-state index is -3.78. The van der Waals surface area contributed by atoms with Crippen LogP contribution in [0, 0.1) is 0 Å². The van der Waals surface area contributed by atoms with E-state index in [4.69, 9.17) is 4.74 Å². The van der Waals surface area contributed by atoms with Crippen molar-refractivity contribution in [3.05, 3.63) is 48.5 Å². The lowest BCUT2D eigenvalue weighted by Crippen LogP contribution is -2.45. The minimum Gasteiger partial charge on any atom is -0.494 e. The minimum absolute atomic E-state index is 0.319. The Hall–Kier alpha value is -2.79. The smallest absolute Gasteiger partial charge is 0.247 e. The van der Waals surface area contributed by atoms with Crippen LogP contribution in [0.4, 0.5) is 17.1 Å². The van der Waals surface area contributed by atoms with E-state index in [1.807, 2.05) is 6.92 Å². The van der Waals surface area contributed by atoms with Gasteiger partial charge in [0.15, 0.2) is 0 Å². The summed E-state index contributed by atoms with van der Waals surface area (Å²) >= 11 is 0. The third-order valence-corrected chi connectivity index (χ3v) is 6.91. The Kier molecular flexibility index (Phi) is 7.55. The van der Waals surface area contributed by atoms with Crippen molar-refractivity contribution in [1.82, 2.24) is 0 Å². The number of nitrogens with one attached hydrogen (secondary N) is 1. The number of nitrogens with zero attached hydrogens (tertiary/aromatic N) is 2. The van der Waals surface area contributed by atoms with Gasteiger partial charge in [-0.25, -0.2) is 16.8 Å². The summed E-state index contributed by atoms with van der Waals surface area (Å²) in [4.78, 5) is 12.8. The molecule has 0 bridgehead atoms. The van der Waals surface area contributed by atoms with Gasteiger partial charge in [0.05, 0.1) is 30.5 Å². The average molecular weight is 470 g/mol. The van der Waals surface area contributed by atoms with Gasteiger partial charge in [0, 0.05) is 12.7 Å². The van der Waals surface area contributed by atoms with Crippen molar-refractivity contribution in [1.29, 1.82) is 0 Å². The first-order chi connectivity index (χ1) is 14.3. The lowest BCUT2D eigenvalue weighted by Gasteiger charge is -2.28. The molecule has 0 saturated heterocycles. The fourth-order valence-corrected chi connectivity index (χ4v) is 4.55. The van der Waals surface area contributed by atoms with Crippen molar-refractivity contribution < 1.29 is 26.4 Å². The molecule has 1 atom stereocenters. The van der Waals surface area contributed by atoms with Gasteiger partial charge in [0.2, 0.25) is 26.0 Å². The Labute approximate surface area is 183 Å². The summed E-state index contributed by atoms with van der Waals surface area (Å²) in [7, 11) is -5.85. The van der Waals surface area contributed by atoms with Gasteiger partial charge in [-0.05, 0) is 56.3 Å². The van der Waals surface area contributed by atoms with Gasteiger partial charge in [-0.15, -0.1) is 0 Å². The molecule has 2 rings (SSSR count). The molecule has 1 unspecified atom stereocenters. The predicted molar refractivity (Wildman–Crippen MR) is 123 cm³/mol. The maximum atomic E-state index is 12.8. The van der Waals surface area contributed by atoms with Gasteiger partial charge in [0.25, 0.3) is 0 Å². The van der Waals surface area contributed by atoms with Crippen LogP contribution in [-0.2, 0) is 24.8 Å². The molecule has 0 saturated carbocycles. The molecule has 2 aromatic rings. The van der Waals surface area contributed by atoms with E-state index in [9.17, 15) is 21.6 Å². The van der Waals surface area contributed by atoms with Gasteiger partial charge in [0.1, 0.15) is 11.8 Å². The highest BCUT2D eigenvalue weighted by atomic mass is 32.2. The monoisotopic (exact) mass is 469 g/mol. The maximum Gasteiger partial charge on any atom is 0.247 e. The van der Waals surface area contributed by atoms with E-state index in [2.05, 4.69) is 5.32 Å². The van der Waals surface area contributed by atoms with Gasteiger partial charge >= 0.3 is 0 Å². The Balaban J connectivity index is 2.28. The van der Waals surface area contributed by atoms with Crippen molar-refractivity contribution in [2.75, 3.05) is 40.1 Å². The van der Waals surface area contributed by atoms with E-state index < -0.39 is 32.0 Å².